The van der Waals surface area contributed by atoms with Crippen LogP contribution < -0.4 is 0 Å². The molecule has 132 valence electrons. The van der Waals surface area contributed by atoms with Gasteiger partial charge in [-0.3, -0.25) is 0 Å². The van der Waals surface area contributed by atoms with Gasteiger partial charge in [-0.25, -0.2) is 9.67 Å². The number of benzene rings is 1. The first-order valence-electron chi connectivity index (χ1n) is 8.41. The largest absolute Gasteiger partial charge is 0.411 e. The van der Waals surface area contributed by atoms with Crippen molar-refractivity contribution in [3.8, 4) is 5.82 Å². The second kappa shape index (κ2) is 6.66. The number of hydrogen-bond acceptors (Lipinski definition) is 3. The molecule has 4 nitrogen and oxygen atoms in total. The van der Waals surface area contributed by atoms with Crippen LogP contribution >= 0.6 is 15.9 Å². The second-order valence-electron chi connectivity index (χ2n) is 7.81. The summed E-state index contributed by atoms with van der Waals surface area (Å²) in [6.45, 7) is 11.8. The lowest BCUT2D eigenvalue weighted by atomic mass is 10.2. The minimum absolute atomic E-state index is 0.192. The molecule has 0 unspecified atom stereocenters. The summed E-state index contributed by atoms with van der Waals surface area (Å²) in [6, 6.07) is 12.1. The van der Waals surface area contributed by atoms with E-state index in [1.807, 2.05) is 47.3 Å². The highest BCUT2D eigenvalue weighted by Gasteiger charge is 2.37. The summed E-state index contributed by atoms with van der Waals surface area (Å²) in [5.41, 5.74) is 1.88. The summed E-state index contributed by atoms with van der Waals surface area (Å²) in [4.78, 5) is 4.73. The Labute approximate surface area is 158 Å². The molecular formula is C19H24BrN3OSi. The molecule has 0 amide bonds. The van der Waals surface area contributed by atoms with Crippen LogP contribution in [0, 0.1) is 0 Å². The minimum Gasteiger partial charge on any atom is -0.411 e. The number of halogens is 1. The third-order valence-corrected chi connectivity index (χ3v) is 9.85. The molecule has 2 heterocycles. The first kappa shape index (κ1) is 18.3. The van der Waals surface area contributed by atoms with E-state index in [0.29, 0.717) is 6.61 Å². The predicted molar refractivity (Wildman–Crippen MR) is 109 cm³/mol. The first-order chi connectivity index (χ1) is 11.7. The number of rotatable bonds is 4. The molecule has 0 saturated heterocycles. The average molecular weight is 418 g/mol. The molecular weight excluding hydrogens is 394 g/mol. The molecule has 0 atom stereocenters. The summed E-state index contributed by atoms with van der Waals surface area (Å²) in [5.74, 6) is 0.809. The highest BCUT2D eigenvalue weighted by atomic mass is 79.9. The lowest BCUT2D eigenvalue weighted by molar-refractivity contribution is 0.272. The summed E-state index contributed by atoms with van der Waals surface area (Å²) in [6.07, 6.45) is 2.00. The molecule has 0 saturated carbocycles. The van der Waals surface area contributed by atoms with Gasteiger partial charge in [-0.1, -0.05) is 48.8 Å². The summed E-state index contributed by atoms with van der Waals surface area (Å²) < 4.78 is 9.14. The second-order valence-corrected chi connectivity index (χ2v) is 13.5. The number of hydrogen-bond donors (Lipinski definition) is 0. The van der Waals surface area contributed by atoms with Gasteiger partial charge in [0.25, 0.3) is 0 Å². The maximum Gasteiger partial charge on any atom is 0.192 e. The van der Waals surface area contributed by atoms with E-state index in [1.54, 1.807) is 0 Å². The Balaban J connectivity index is 1.83. The molecule has 3 rings (SSSR count). The lowest BCUT2D eigenvalue weighted by Crippen LogP contribution is -2.40. The Bertz CT molecular complexity index is 899. The van der Waals surface area contributed by atoms with Gasteiger partial charge in [0.2, 0.25) is 0 Å². The van der Waals surface area contributed by atoms with Crippen LogP contribution in [-0.4, -0.2) is 23.1 Å². The molecule has 0 N–H and O–H groups in total. The fourth-order valence-corrected chi connectivity index (χ4v) is 3.54. The van der Waals surface area contributed by atoms with E-state index in [4.69, 9.17) is 9.41 Å². The molecule has 0 bridgehead atoms. The molecule has 0 spiro atoms. The Kier molecular flexibility index (Phi) is 4.88. The quantitative estimate of drug-likeness (QED) is 0.510. The van der Waals surface area contributed by atoms with Crippen molar-refractivity contribution in [2.45, 2.75) is 45.5 Å². The van der Waals surface area contributed by atoms with E-state index >= 15 is 0 Å². The topological polar surface area (TPSA) is 39.9 Å². The van der Waals surface area contributed by atoms with Crippen LogP contribution in [0.4, 0.5) is 0 Å². The van der Waals surface area contributed by atoms with Crippen LogP contribution in [-0.2, 0) is 11.0 Å². The zero-order chi connectivity index (χ0) is 18.2. The summed E-state index contributed by atoms with van der Waals surface area (Å²) in [7, 11) is -1.78. The Morgan fingerprint density at radius 1 is 1.16 bits per heavy atom. The van der Waals surface area contributed by atoms with E-state index in [0.717, 1.165) is 26.9 Å². The maximum absolute atomic E-state index is 6.29. The van der Waals surface area contributed by atoms with Crippen LogP contribution in [0.3, 0.4) is 0 Å². The van der Waals surface area contributed by atoms with Crippen molar-refractivity contribution >= 4 is 35.2 Å². The zero-order valence-electron chi connectivity index (χ0n) is 15.4. The average Bonchev–Trinajstić information content (AvgIpc) is 2.95. The third-order valence-electron chi connectivity index (χ3n) is 4.88. The van der Waals surface area contributed by atoms with Gasteiger partial charge in [-0.2, -0.15) is 5.10 Å². The summed E-state index contributed by atoms with van der Waals surface area (Å²) >= 11 is 3.49. The van der Waals surface area contributed by atoms with Crippen molar-refractivity contribution < 1.29 is 4.43 Å². The molecule has 1 aromatic carbocycles. The van der Waals surface area contributed by atoms with E-state index in [1.165, 1.54) is 0 Å². The van der Waals surface area contributed by atoms with Gasteiger partial charge in [-0.15, -0.1) is 0 Å². The predicted octanol–water partition coefficient (Wildman–Crippen LogP) is 5.70. The van der Waals surface area contributed by atoms with Crippen LogP contribution in [0.1, 0.15) is 26.5 Å². The van der Waals surface area contributed by atoms with Crippen LogP contribution in [0.15, 0.2) is 47.1 Å². The van der Waals surface area contributed by atoms with Crippen molar-refractivity contribution in [2.24, 2.45) is 0 Å². The SMILES string of the molecule is CC(C)(C)[Si](C)(C)OCc1cccc(-n2cc3ccc(Br)cc3n2)n1. The van der Waals surface area contributed by atoms with Crippen molar-refractivity contribution in [2.75, 3.05) is 0 Å². The minimum atomic E-state index is -1.78. The van der Waals surface area contributed by atoms with Gasteiger partial charge < -0.3 is 4.43 Å². The molecule has 25 heavy (non-hydrogen) atoms. The molecule has 0 aliphatic rings. The highest BCUT2D eigenvalue weighted by Crippen LogP contribution is 2.37. The van der Waals surface area contributed by atoms with E-state index in [2.05, 4.69) is 54.9 Å². The van der Waals surface area contributed by atoms with Gasteiger partial charge >= 0.3 is 0 Å². The Morgan fingerprint density at radius 2 is 1.92 bits per heavy atom. The third kappa shape index (κ3) is 4.02. The van der Waals surface area contributed by atoms with Gasteiger partial charge in [0.15, 0.2) is 14.1 Å². The number of pyridine rings is 1. The number of aromatic nitrogens is 3. The van der Waals surface area contributed by atoms with Gasteiger partial charge in [-0.05, 0) is 42.4 Å². The molecule has 0 aliphatic heterocycles. The summed E-state index contributed by atoms with van der Waals surface area (Å²) in [5, 5.41) is 5.91. The molecule has 6 heteroatoms. The maximum atomic E-state index is 6.29. The normalized spacial score (nSPS) is 12.7. The molecule has 0 fully saturated rings. The van der Waals surface area contributed by atoms with Crippen molar-refractivity contribution in [1.29, 1.82) is 0 Å². The van der Waals surface area contributed by atoms with Crippen molar-refractivity contribution in [3.63, 3.8) is 0 Å². The Morgan fingerprint density at radius 3 is 2.64 bits per heavy atom. The van der Waals surface area contributed by atoms with Gasteiger partial charge in [0, 0.05) is 16.1 Å². The molecule has 0 radical (unpaired) electrons. The van der Waals surface area contributed by atoms with Crippen molar-refractivity contribution in [3.05, 3.63) is 52.8 Å². The van der Waals surface area contributed by atoms with Crippen LogP contribution in [0.2, 0.25) is 18.1 Å². The van der Waals surface area contributed by atoms with Gasteiger partial charge in [0.05, 0.1) is 17.8 Å². The standard InChI is InChI=1S/C19H24BrN3OSi/c1-19(2,3)25(4,5)24-13-16-7-6-8-18(21-16)23-12-14-9-10-15(20)11-17(14)22-23/h6-12H,13H2,1-5H3. The highest BCUT2D eigenvalue weighted by molar-refractivity contribution is 9.10. The van der Waals surface area contributed by atoms with Crippen molar-refractivity contribution in [1.82, 2.24) is 14.8 Å². The molecule has 0 aliphatic carbocycles. The zero-order valence-corrected chi connectivity index (χ0v) is 18.0. The number of nitrogens with zero attached hydrogens (tertiary/aromatic N) is 3. The fourth-order valence-electron chi connectivity index (χ4n) is 2.25. The smallest absolute Gasteiger partial charge is 0.192 e. The van der Waals surface area contributed by atoms with E-state index in [-0.39, 0.29) is 5.04 Å². The fraction of sp³-hybridized carbons (Fsp3) is 0.368. The van der Waals surface area contributed by atoms with E-state index < -0.39 is 8.32 Å². The lowest BCUT2D eigenvalue weighted by Gasteiger charge is -2.36. The Hall–Kier alpha value is -1.50. The molecule has 2 aromatic heterocycles. The first-order valence-corrected chi connectivity index (χ1v) is 12.1. The van der Waals surface area contributed by atoms with Gasteiger partial charge in [0.1, 0.15) is 0 Å². The number of fused-ring (bicyclic) bond motifs is 1. The monoisotopic (exact) mass is 417 g/mol. The van der Waals surface area contributed by atoms with Crippen LogP contribution in [0.5, 0.6) is 0 Å². The molecule has 3 aromatic rings. The van der Waals surface area contributed by atoms with E-state index in [9.17, 15) is 0 Å². The van der Waals surface area contributed by atoms with Crippen LogP contribution in [0.25, 0.3) is 16.7 Å².